The molecule has 4 rings (SSSR count). The van der Waals surface area contributed by atoms with E-state index in [2.05, 4.69) is 5.32 Å². The summed E-state index contributed by atoms with van der Waals surface area (Å²) in [7, 11) is 1.67. The number of thiophene rings is 1. The summed E-state index contributed by atoms with van der Waals surface area (Å²) >= 11 is 1.60. The third-order valence-corrected chi connectivity index (χ3v) is 6.20. The quantitative estimate of drug-likeness (QED) is 0.592. The van der Waals surface area contributed by atoms with Crippen LogP contribution in [0.5, 0.6) is 0 Å². The van der Waals surface area contributed by atoms with Crippen LogP contribution in [-0.2, 0) is 10.3 Å². The molecule has 0 spiro atoms. The van der Waals surface area contributed by atoms with Crippen LogP contribution < -0.4 is 22.5 Å². The number of nitrogens with zero attached hydrogens (tertiary/aromatic N) is 2. The molecule has 0 radical (unpaired) electrons. The minimum atomic E-state index is -0.636. The highest BCUT2D eigenvalue weighted by atomic mass is 32.1. The lowest BCUT2D eigenvalue weighted by Gasteiger charge is -2.37. The standard InChI is InChI=1S/C17H20N6OS/c1-23-15(24)12-7-21-8-17(12,22-16(23)20)14-3-2-13(25-14)9-4-10(18)6-11(19)5-9/h2-6,12,21H,7-8,18-19H2,1H3,(H2,20,22)/t12-,17-/m0/s1. The predicted molar refractivity (Wildman–Crippen MR) is 101 cm³/mol. The minimum absolute atomic E-state index is 0.000602. The molecular formula is C17H20N6OS. The number of anilines is 2. The number of hydrogen-bond acceptors (Lipinski definition) is 7. The molecule has 130 valence electrons. The Morgan fingerprint density at radius 2 is 1.96 bits per heavy atom. The van der Waals surface area contributed by atoms with E-state index in [0.717, 1.165) is 15.3 Å². The molecule has 2 atom stereocenters. The van der Waals surface area contributed by atoms with E-state index in [4.69, 9.17) is 22.2 Å². The zero-order valence-electron chi connectivity index (χ0n) is 13.8. The van der Waals surface area contributed by atoms with Gasteiger partial charge in [0.1, 0.15) is 5.54 Å². The molecule has 1 aromatic carbocycles. The van der Waals surface area contributed by atoms with Gasteiger partial charge in [0.05, 0.1) is 5.92 Å². The lowest BCUT2D eigenvalue weighted by atomic mass is 9.84. The third kappa shape index (κ3) is 2.37. The fraction of sp³-hybridized carbons (Fsp3) is 0.294. The Balaban J connectivity index is 1.80. The van der Waals surface area contributed by atoms with Crippen LogP contribution in [0.4, 0.5) is 11.4 Å². The van der Waals surface area contributed by atoms with E-state index in [1.165, 1.54) is 4.90 Å². The van der Waals surface area contributed by atoms with Crippen molar-refractivity contribution in [3.8, 4) is 10.4 Å². The second-order valence-corrected chi connectivity index (χ2v) is 7.61. The summed E-state index contributed by atoms with van der Waals surface area (Å²) in [6, 6.07) is 9.56. The van der Waals surface area contributed by atoms with Crippen molar-refractivity contribution in [2.24, 2.45) is 16.6 Å². The number of benzene rings is 1. The Hall–Kier alpha value is -2.58. The molecule has 2 aromatic rings. The van der Waals surface area contributed by atoms with Crippen LogP contribution in [-0.4, -0.2) is 36.9 Å². The predicted octanol–water partition coefficient (Wildman–Crippen LogP) is 0.781. The molecule has 0 unspecified atom stereocenters. The maximum absolute atomic E-state index is 12.7. The van der Waals surface area contributed by atoms with Gasteiger partial charge < -0.3 is 22.5 Å². The van der Waals surface area contributed by atoms with Crippen molar-refractivity contribution in [3.05, 3.63) is 35.2 Å². The molecule has 2 aliphatic heterocycles. The summed E-state index contributed by atoms with van der Waals surface area (Å²) in [4.78, 5) is 20.9. The summed E-state index contributed by atoms with van der Waals surface area (Å²) in [5.74, 6) is 0.0102. The second-order valence-electron chi connectivity index (χ2n) is 6.53. The van der Waals surface area contributed by atoms with Gasteiger partial charge in [-0.05, 0) is 35.9 Å². The molecule has 1 amide bonds. The van der Waals surface area contributed by atoms with Crippen molar-refractivity contribution >= 4 is 34.6 Å². The average Bonchev–Trinajstić information content (AvgIpc) is 3.19. The van der Waals surface area contributed by atoms with Gasteiger partial charge in [-0.3, -0.25) is 9.69 Å². The monoisotopic (exact) mass is 356 g/mol. The van der Waals surface area contributed by atoms with E-state index in [-0.39, 0.29) is 17.8 Å². The van der Waals surface area contributed by atoms with Gasteiger partial charge in [0.25, 0.3) is 0 Å². The minimum Gasteiger partial charge on any atom is -0.399 e. The number of fused-ring (bicyclic) bond motifs is 1. The van der Waals surface area contributed by atoms with Gasteiger partial charge in [-0.25, -0.2) is 4.99 Å². The summed E-state index contributed by atoms with van der Waals surface area (Å²) < 4.78 is 0. The topological polar surface area (TPSA) is 123 Å². The lowest BCUT2D eigenvalue weighted by molar-refractivity contribution is -0.132. The highest BCUT2D eigenvalue weighted by Gasteiger charge is 2.53. The Kier molecular flexibility index (Phi) is 3.48. The number of carbonyl (C=O) groups is 1. The van der Waals surface area contributed by atoms with Gasteiger partial charge in [-0.2, -0.15) is 0 Å². The Morgan fingerprint density at radius 1 is 1.24 bits per heavy atom. The highest BCUT2D eigenvalue weighted by molar-refractivity contribution is 7.15. The maximum Gasteiger partial charge on any atom is 0.236 e. The largest absolute Gasteiger partial charge is 0.399 e. The lowest BCUT2D eigenvalue weighted by Crippen LogP contribution is -2.54. The van der Waals surface area contributed by atoms with Crippen LogP contribution in [0.3, 0.4) is 0 Å². The molecule has 0 bridgehead atoms. The third-order valence-electron chi connectivity index (χ3n) is 4.90. The molecule has 8 heteroatoms. The Morgan fingerprint density at radius 3 is 2.68 bits per heavy atom. The molecule has 2 aliphatic rings. The summed E-state index contributed by atoms with van der Waals surface area (Å²) in [5.41, 5.74) is 19.4. The molecule has 1 saturated heterocycles. The zero-order valence-corrected chi connectivity index (χ0v) is 14.6. The Labute approximate surface area is 149 Å². The first kappa shape index (κ1) is 15.9. The van der Waals surface area contributed by atoms with Crippen LogP contribution in [0.1, 0.15) is 4.88 Å². The number of amides is 1. The van der Waals surface area contributed by atoms with Crippen LogP contribution in [0.15, 0.2) is 35.3 Å². The number of nitrogens with one attached hydrogen (secondary N) is 1. The van der Waals surface area contributed by atoms with E-state index in [0.29, 0.717) is 24.5 Å². The van der Waals surface area contributed by atoms with Crippen molar-refractivity contribution in [2.75, 3.05) is 31.6 Å². The van der Waals surface area contributed by atoms with E-state index < -0.39 is 5.54 Å². The van der Waals surface area contributed by atoms with Crippen LogP contribution in [0.25, 0.3) is 10.4 Å². The molecule has 0 aliphatic carbocycles. The number of nitrogens with two attached hydrogens (primary N) is 3. The van der Waals surface area contributed by atoms with Gasteiger partial charge in [-0.15, -0.1) is 11.3 Å². The molecule has 7 nitrogen and oxygen atoms in total. The number of hydrogen-bond donors (Lipinski definition) is 4. The molecule has 1 fully saturated rings. The zero-order chi connectivity index (χ0) is 17.8. The smallest absolute Gasteiger partial charge is 0.236 e. The highest BCUT2D eigenvalue weighted by Crippen LogP contribution is 2.45. The van der Waals surface area contributed by atoms with Gasteiger partial charge in [0.15, 0.2) is 5.96 Å². The first-order chi connectivity index (χ1) is 11.9. The summed E-state index contributed by atoms with van der Waals surface area (Å²) in [6.07, 6.45) is 0. The van der Waals surface area contributed by atoms with Crippen molar-refractivity contribution in [3.63, 3.8) is 0 Å². The van der Waals surface area contributed by atoms with Crippen LogP contribution >= 0.6 is 11.3 Å². The van der Waals surface area contributed by atoms with Gasteiger partial charge in [-0.1, -0.05) is 0 Å². The van der Waals surface area contributed by atoms with Crippen LogP contribution in [0.2, 0.25) is 0 Å². The number of guanidine groups is 1. The summed E-state index contributed by atoms with van der Waals surface area (Å²) in [6.45, 7) is 1.19. The maximum atomic E-state index is 12.7. The van der Waals surface area contributed by atoms with Crippen molar-refractivity contribution < 1.29 is 4.79 Å². The molecule has 7 N–H and O–H groups in total. The summed E-state index contributed by atoms with van der Waals surface area (Å²) in [5, 5.41) is 3.30. The van der Waals surface area contributed by atoms with Gasteiger partial charge in [0, 0.05) is 41.3 Å². The molecule has 1 aromatic heterocycles. The first-order valence-electron chi connectivity index (χ1n) is 8.01. The van der Waals surface area contributed by atoms with E-state index in [1.807, 2.05) is 24.3 Å². The SMILES string of the molecule is CN1C(=O)[C@@H]2CNC[C@]2(c2ccc(-c3cc(N)cc(N)c3)s2)N=C1N. The molecular weight excluding hydrogens is 336 g/mol. The van der Waals surface area contributed by atoms with E-state index in [9.17, 15) is 4.79 Å². The van der Waals surface area contributed by atoms with Gasteiger partial charge in [0.2, 0.25) is 5.91 Å². The molecule has 3 heterocycles. The molecule has 0 saturated carbocycles. The number of rotatable bonds is 2. The fourth-order valence-corrected chi connectivity index (χ4v) is 4.77. The molecule has 25 heavy (non-hydrogen) atoms. The Bertz CT molecular complexity index is 871. The number of aliphatic imine (C=N–C) groups is 1. The van der Waals surface area contributed by atoms with Crippen molar-refractivity contribution in [1.29, 1.82) is 0 Å². The fourth-order valence-electron chi connectivity index (χ4n) is 3.59. The number of carbonyl (C=O) groups excluding carboxylic acids is 1. The normalized spacial score (nSPS) is 25.8. The van der Waals surface area contributed by atoms with Crippen molar-refractivity contribution in [1.82, 2.24) is 10.2 Å². The first-order valence-corrected chi connectivity index (χ1v) is 8.83. The van der Waals surface area contributed by atoms with E-state index >= 15 is 0 Å². The van der Waals surface area contributed by atoms with Crippen molar-refractivity contribution in [2.45, 2.75) is 5.54 Å². The van der Waals surface area contributed by atoms with Crippen LogP contribution in [0, 0.1) is 5.92 Å². The second kappa shape index (κ2) is 5.47. The number of nitrogen functional groups attached to an aromatic ring is 2. The van der Waals surface area contributed by atoms with E-state index in [1.54, 1.807) is 24.5 Å². The average molecular weight is 356 g/mol. The van der Waals surface area contributed by atoms with Gasteiger partial charge >= 0.3 is 0 Å².